The summed E-state index contributed by atoms with van der Waals surface area (Å²) in [4.78, 5) is 6.36. The van der Waals surface area contributed by atoms with Crippen molar-refractivity contribution in [1.82, 2.24) is 20.5 Å². The summed E-state index contributed by atoms with van der Waals surface area (Å²) < 4.78 is 0. The van der Waals surface area contributed by atoms with E-state index >= 15 is 0 Å². The van der Waals surface area contributed by atoms with Gasteiger partial charge < -0.3 is 15.3 Å². The maximum atomic E-state index is 9.32. The smallest absolute Gasteiger partial charge is 0.244 e. The molecule has 2 rings (SSSR count). The van der Waals surface area contributed by atoms with E-state index in [1.165, 1.54) is 0 Å². The van der Waals surface area contributed by atoms with Crippen LogP contribution in [-0.4, -0.2) is 46.0 Å². The number of nitrogens with zero attached hydrogens (tertiary/aromatic N) is 3. The number of anilines is 1. The number of nitrogens with one attached hydrogen (secondary N) is 2. The topological polar surface area (TPSA) is 77.1 Å². The van der Waals surface area contributed by atoms with E-state index in [4.69, 9.17) is 0 Å². The largest absolute Gasteiger partial charge is 0.385 e. The number of piperazine rings is 1. The summed E-state index contributed by atoms with van der Waals surface area (Å²) in [5, 5.41) is 19.5. The number of rotatable bonds is 2. The van der Waals surface area contributed by atoms with Crippen LogP contribution in [0.2, 0.25) is 0 Å². The van der Waals surface area contributed by atoms with Crippen molar-refractivity contribution in [3.8, 4) is 0 Å². The van der Waals surface area contributed by atoms with Crippen LogP contribution in [0.25, 0.3) is 0 Å². The Morgan fingerprint density at radius 1 is 1.60 bits per heavy atom. The Labute approximate surface area is 88.7 Å². The van der Waals surface area contributed by atoms with Gasteiger partial charge >= 0.3 is 0 Å². The van der Waals surface area contributed by atoms with Gasteiger partial charge in [-0.15, -0.1) is 5.10 Å². The molecule has 0 spiro atoms. The maximum absolute atomic E-state index is 9.32. The van der Waals surface area contributed by atoms with Crippen molar-refractivity contribution < 1.29 is 5.11 Å². The van der Waals surface area contributed by atoms with Crippen molar-refractivity contribution >= 4 is 5.95 Å². The predicted octanol–water partition coefficient (Wildman–Crippen LogP) is -0.344. The van der Waals surface area contributed by atoms with E-state index in [0.717, 1.165) is 19.6 Å². The second kappa shape index (κ2) is 4.16. The third-order valence-electron chi connectivity index (χ3n) is 2.54. The van der Waals surface area contributed by atoms with Crippen LogP contribution in [0, 0.1) is 0 Å². The molecule has 1 aromatic rings. The molecular weight excluding hydrogens is 194 g/mol. The third-order valence-corrected chi connectivity index (χ3v) is 2.54. The number of aliphatic hydroxyl groups excluding tert-OH is 1. The minimum atomic E-state index is -0.591. The Balaban J connectivity index is 2.08. The van der Waals surface area contributed by atoms with Crippen LogP contribution in [0.15, 0.2) is 0 Å². The van der Waals surface area contributed by atoms with E-state index in [1.807, 2.05) is 0 Å². The first-order chi connectivity index (χ1) is 7.16. The SMILES string of the molecule is CC(O)c1nc(N2CCN[C@@H](C)C2)n[nH]1. The molecule has 15 heavy (non-hydrogen) atoms. The van der Waals surface area contributed by atoms with E-state index in [2.05, 4.69) is 32.3 Å². The zero-order valence-electron chi connectivity index (χ0n) is 9.06. The standard InChI is InChI=1S/C9H17N5O/c1-6-5-14(4-3-10-6)9-11-8(7(2)15)12-13-9/h6-7,10,15H,3-5H2,1-2H3,(H,11,12,13)/t6-,7?/m0/s1. The van der Waals surface area contributed by atoms with Gasteiger partial charge in [0, 0.05) is 25.7 Å². The number of aromatic nitrogens is 3. The lowest BCUT2D eigenvalue weighted by atomic mass is 10.2. The molecule has 84 valence electrons. The zero-order valence-corrected chi connectivity index (χ0v) is 9.06. The van der Waals surface area contributed by atoms with Gasteiger partial charge in [-0.2, -0.15) is 4.98 Å². The molecule has 6 nitrogen and oxygen atoms in total. The zero-order chi connectivity index (χ0) is 10.8. The summed E-state index contributed by atoms with van der Waals surface area (Å²) in [5.74, 6) is 1.20. The normalized spacial score (nSPS) is 24.2. The van der Waals surface area contributed by atoms with Gasteiger partial charge in [0.2, 0.25) is 5.95 Å². The fourth-order valence-electron chi connectivity index (χ4n) is 1.71. The highest BCUT2D eigenvalue weighted by molar-refractivity contribution is 5.30. The molecule has 0 aromatic carbocycles. The minimum Gasteiger partial charge on any atom is -0.385 e. The molecule has 3 N–H and O–H groups in total. The van der Waals surface area contributed by atoms with Crippen molar-refractivity contribution in [2.24, 2.45) is 0 Å². The molecule has 1 aromatic heterocycles. The molecule has 0 amide bonds. The Hall–Kier alpha value is -1.14. The molecule has 2 heterocycles. The first-order valence-electron chi connectivity index (χ1n) is 5.25. The van der Waals surface area contributed by atoms with Gasteiger partial charge in [0.25, 0.3) is 0 Å². The Kier molecular flexibility index (Phi) is 2.88. The second-order valence-corrected chi connectivity index (χ2v) is 4.00. The molecule has 2 atom stereocenters. The van der Waals surface area contributed by atoms with Crippen molar-refractivity contribution in [2.75, 3.05) is 24.5 Å². The molecule has 1 unspecified atom stereocenters. The van der Waals surface area contributed by atoms with Crippen LogP contribution in [0.4, 0.5) is 5.95 Å². The van der Waals surface area contributed by atoms with Crippen molar-refractivity contribution in [3.05, 3.63) is 5.82 Å². The lowest BCUT2D eigenvalue weighted by molar-refractivity contribution is 0.189. The fraction of sp³-hybridized carbons (Fsp3) is 0.778. The molecule has 1 fully saturated rings. The Bertz CT molecular complexity index is 324. The van der Waals surface area contributed by atoms with Gasteiger partial charge in [-0.3, -0.25) is 5.10 Å². The average Bonchev–Trinajstić information content (AvgIpc) is 2.66. The lowest BCUT2D eigenvalue weighted by Gasteiger charge is -2.30. The summed E-state index contributed by atoms with van der Waals surface area (Å²) in [5.41, 5.74) is 0. The van der Waals surface area contributed by atoms with Gasteiger partial charge in [0.1, 0.15) is 6.10 Å². The molecule has 0 saturated carbocycles. The highest BCUT2D eigenvalue weighted by Gasteiger charge is 2.19. The van der Waals surface area contributed by atoms with Crippen LogP contribution >= 0.6 is 0 Å². The summed E-state index contributed by atoms with van der Waals surface area (Å²) in [6.45, 7) is 6.55. The van der Waals surface area contributed by atoms with Crippen LogP contribution in [0.3, 0.4) is 0 Å². The maximum Gasteiger partial charge on any atom is 0.244 e. The number of hydrogen-bond acceptors (Lipinski definition) is 5. The summed E-state index contributed by atoms with van der Waals surface area (Å²) in [7, 11) is 0. The Morgan fingerprint density at radius 2 is 2.40 bits per heavy atom. The van der Waals surface area contributed by atoms with Gasteiger partial charge in [-0.25, -0.2) is 0 Å². The van der Waals surface area contributed by atoms with Crippen LogP contribution < -0.4 is 10.2 Å². The van der Waals surface area contributed by atoms with E-state index in [9.17, 15) is 5.11 Å². The highest BCUT2D eigenvalue weighted by Crippen LogP contribution is 2.13. The van der Waals surface area contributed by atoms with Gasteiger partial charge in [0.05, 0.1) is 0 Å². The van der Waals surface area contributed by atoms with Crippen molar-refractivity contribution in [2.45, 2.75) is 26.0 Å². The van der Waals surface area contributed by atoms with Crippen LogP contribution in [-0.2, 0) is 0 Å². The van der Waals surface area contributed by atoms with Gasteiger partial charge in [-0.05, 0) is 13.8 Å². The molecule has 0 aliphatic carbocycles. The summed E-state index contributed by atoms with van der Waals surface area (Å²) >= 11 is 0. The molecular formula is C9H17N5O. The van der Waals surface area contributed by atoms with Crippen LogP contribution in [0.5, 0.6) is 0 Å². The fourth-order valence-corrected chi connectivity index (χ4v) is 1.71. The molecule has 1 saturated heterocycles. The third kappa shape index (κ3) is 2.27. The summed E-state index contributed by atoms with van der Waals surface area (Å²) in [6.07, 6.45) is -0.591. The lowest BCUT2D eigenvalue weighted by Crippen LogP contribution is -2.49. The number of hydrogen-bond donors (Lipinski definition) is 3. The first kappa shape index (κ1) is 10.4. The first-order valence-corrected chi connectivity index (χ1v) is 5.25. The van der Waals surface area contributed by atoms with Gasteiger partial charge in [0.15, 0.2) is 5.82 Å². The minimum absolute atomic E-state index is 0.451. The second-order valence-electron chi connectivity index (χ2n) is 4.00. The number of aromatic amines is 1. The number of H-pyrrole nitrogens is 1. The van der Waals surface area contributed by atoms with Crippen LogP contribution in [0.1, 0.15) is 25.8 Å². The number of aliphatic hydroxyl groups is 1. The molecule has 0 radical (unpaired) electrons. The highest BCUT2D eigenvalue weighted by atomic mass is 16.3. The molecule has 1 aliphatic rings. The predicted molar refractivity (Wildman–Crippen MR) is 56.7 cm³/mol. The molecule has 6 heteroatoms. The monoisotopic (exact) mass is 211 g/mol. The van der Waals surface area contributed by atoms with E-state index in [-0.39, 0.29) is 0 Å². The van der Waals surface area contributed by atoms with E-state index < -0.39 is 6.10 Å². The van der Waals surface area contributed by atoms with E-state index in [1.54, 1.807) is 6.92 Å². The quantitative estimate of drug-likeness (QED) is 0.623. The van der Waals surface area contributed by atoms with Crippen molar-refractivity contribution in [3.63, 3.8) is 0 Å². The molecule has 0 bridgehead atoms. The Morgan fingerprint density at radius 3 is 3.00 bits per heavy atom. The van der Waals surface area contributed by atoms with Gasteiger partial charge in [-0.1, -0.05) is 0 Å². The average molecular weight is 211 g/mol. The van der Waals surface area contributed by atoms with E-state index in [0.29, 0.717) is 17.8 Å². The summed E-state index contributed by atoms with van der Waals surface area (Å²) in [6, 6.07) is 0.451. The van der Waals surface area contributed by atoms with Crippen molar-refractivity contribution in [1.29, 1.82) is 0 Å². The molecule has 1 aliphatic heterocycles.